The molecular weight excluding hydrogens is 290 g/mol. The first kappa shape index (κ1) is 15.1. The molecule has 0 saturated heterocycles. The fourth-order valence-corrected chi connectivity index (χ4v) is 2.63. The maximum absolute atomic E-state index is 12.6. The average Bonchev–Trinajstić information content (AvgIpc) is 3.03. The number of aryl methyl sites for hydroxylation is 1. The fourth-order valence-electron chi connectivity index (χ4n) is 2.63. The summed E-state index contributed by atoms with van der Waals surface area (Å²) in [5.41, 5.74) is 1.42. The number of carbonyl (C=O) groups excluding carboxylic acids is 1. The number of amides is 1. The van der Waals surface area contributed by atoms with Crippen molar-refractivity contribution >= 4 is 16.8 Å². The molecule has 1 N–H and O–H groups in total. The summed E-state index contributed by atoms with van der Waals surface area (Å²) in [6, 6.07) is 9.07. The zero-order chi connectivity index (χ0) is 16.2. The first-order chi connectivity index (χ1) is 11.2. The van der Waals surface area contributed by atoms with Crippen LogP contribution in [0.25, 0.3) is 10.9 Å². The summed E-state index contributed by atoms with van der Waals surface area (Å²) in [7, 11) is 0. The summed E-state index contributed by atoms with van der Waals surface area (Å²) < 4.78 is 1.83. The quantitative estimate of drug-likeness (QED) is 0.786. The van der Waals surface area contributed by atoms with Gasteiger partial charge in [0, 0.05) is 23.7 Å². The number of hydrogen-bond donors (Lipinski definition) is 1. The normalized spacial score (nSPS) is 12.3. The molecular formula is C17H19N5O. The molecule has 1 amide bonds. The number of nitrogens with zero attached hydrogens (tertiary/aromatic N) is 4. The topological polar surface area (TPSA) is 72.7 Å². The van der Waals surface area contributed by atoms with E-state index in [9.17, 15) is 4.79 Å². The van der Waals surface area contributed by atoms with Crippen LogP contribution in [0.2, 0.25) is 0 Å². The molecule has 2 aromatic heterocycles. The molecule has 0 spiro atoms. The van der Waals surface area contributed by atoms with Crippen molar-refractivity contribution < 1.29 is 4.79 Å². The minimum Gasteiger partial charge on any atom is -0.342 e. The van der Waals surface area contributed by atoms with Crippen molar-refractivity contribution in [1.82, 2.24) is 25.1 Å². The van der Waals surface area contributed by atoms with E-state index < -0.39 is 0 Å². The molecule has 0 bridgehead atoms. The van der Waals surface area contributed by atoms with Gasteiger partial charge in [0.1, 0.15) is 12.2 Å². The van der Waals surface area contributed by atoms with Crippen molar-refractivity contribution in [2.45, 2.75) is 32.9 Å². The van der Waals surface area contributed by atoms with Crippen LogP contribution in [0.5, 0.6) is 0 Å². The summed E-state index contributed by atoms with van der Waals surface area (Å²) in [4.78, 5) is 21.2. The summed E-state index contributed by atoms with van der Waals surface area (Å²) in [6.45, 7) is 4.78. The van der Waals surface area contributed by atoms with Gasteiger partial charge in [-0.1, -0.05) is 19.1 Å². The Kier molecular flexibility index (Phi) is 4.32. The standard InChI is InChI=1S/C17H19N5O/c1-3-10-22-16(19-11-20-22)12(2)21-17(23)14-6-4-8-15-13(14)7-5-9-18-15/h4-9,11-12H,3,10H2,1-2H3,(H,21,23)/t12-/m1/s1. The number of fused-ring (bicyclic) bond motifs is 1. The predicted molar refractivity (Wildman–Crippen MR) is 87.9 cm³/mol. The number of nitrogens with one attached hydrogen (secondary N) is 1. The zero-order valence-electron chi connectivity index (χ0n) is 13.2. The van der Waals surface area contributed by atoms with E-state index in [1.807, 2.05) is 41.9 Å². The van der Waals surface area contributed by atoms with E-state index in [0.29, 0.717) is 5.56 Å². The van der Waals surface area contributed by atoms with Crippen LogP contribution in [0.15, 0.2) is 42.9 Å². The zero-order valence-corrected chi connectivity index (χ0v) is 13.2. The summed E-state index contributed by atoms with van der Waals surface area (Å²) >= 11 is 0. The Balaban J connectivity index is 1.84. The van der Waals surface area contributed by atoms with E-state index >= 15 is 0 Å². The molecule has 0 aliphatic carbocycles. The van der Waals surface area contributed by atoms with Gasteiger partial charge < -0.3 is 5.32 Å². The predicted octanol–water partition coefficient (Wildman–Crippen LogP) is 2.73. The monoisotopic (exact) mass is 309 g/mol. The van der Waals surface area contributed by atoms with E-state index in [0.717, 1.165) is 29.7 Å². The molecule has 0 aliphatic heterocycles. The number of benzene rings is 1. The van der Waals surface area contributed by atoms with Crippen LogP contribution in [-0.4, -0.2) is 25.7 Å². The Hall–Kier alpha value is -2.76. The molecule has 0 radical (unpaired) electrons. The van der Waals surface area contributed by atoms with Crippen molar-refractivity contribution in [1.29, 1.82) is 0 Å². The van der Waals surface area contributed by atoms with Gasteiger partial charge in [0.2, 0.25) is 0 Å². The average molecular weight is 309 g/mol. The number of aromatic nitrogens is 4. The highest BCUT2D eigenvalue weighted by molar-refractivity contribution is 6.06. The van der Waals surface area contributed by atoms with Crippen LogP contribution < -0.4 is 5.32 Å². The third-order valence-electron chi connectivity index (χ3n) is 3.71. The first-order valence-electron chi connectivity index (χ1n) is 7.73. The van der Waals surface area contributed by atoms with Gasteiger partial charge in [0.05, 0.1) is 11.6 Å². The Morgan fingerprint density at radius 1 is 1.26 bits per heavy atom. The molecule has 23 heavy (non-hydrogen) atoms. The van der Waals surface area contributed by atoms with Gasteiger partial charge in [-0.25, -0.2) is 9.67 Å². The lowest BCUT2D eigenvalue weighted by Crippen LogP contribution is -2.29. The van der Waals surface area contributed by atoms with Gasteiger partial charge in [-0.15, -0.1) is 0 Å². The molecule has 0 unspecified atom stereocenters. The van der Waals surface area contributed by atoms with E-state index in [4.69, 9.17) is 0 Å². The Morgan fingerprint density at radius 2 is 2.13 bits per heavy atom. The lowest BCUT2D eigenvalue weighted by Gasteiger charge is -2.15. The van der Waals surface area contributed by atoms with Crippen molar-refractivity contribution in [3.63, 3.8) is 0 Å². The van der Waals surface area contributed by atoms with Crippen LogP contribution in [0, 0.1) is 0 Å². The number of pyridine rings is 1. The van der Waals surface area contributed by atoms with Crippen LogP contribution in [0.4, 0.5) is 0 Å². The van der Waals surface area contributed by atoms with Gasteiger partial charge in [-0.05, 0) is 31.5 Å². The highest BCUT2D eigenvalue weighted by Gasteiger charge is 2.17. The molecule has 6 nitrogen and oxygen atoms in total. The largest absolute Gasteiger partial charge is 0.342 e. The molecule has 1 atom stereocenters. The second kappa shape index (κ2) is 6.56. The van der Waals surface area contributed by atoms with E-state index in [1.54, 1.807) is 6.20 Å². The molecule has 3 rings (SSSR count). The smallest absolute Gasteiger partial charge is 0.252 e. The molecule has 6 heteroatoms. The van der Waals surface area contributed by atoms with Crippen molar-refractivity contribution in [3.05, 3.63) is 54.2 Å². The van der Waals surface area contributed by atoms with Crippen molar-refractivity contribution in [2.75, 3.05) is 0 Å². The maximum atomic E-state index is 12.6. The van der Waals surface area contributed by atoms with Crippen LogP contribution in [0.3, 0.4) is 0 Å². The van der Waals surface area contributed by atoms with Gasteiger partial charge in [0.15, 0.2) is 0 Å². The number of hydrogen-bond acceptors (Lipinski definition) is 4. The first-order valence-corrected chi connectivity index (χ1v) is 7.73. The molecule has 0 aliphatic rings. The van der Waals surface area contributed by atoms with Gasteiger partial charge in [-0.2, -0.15) is 5.10 Å². The van der Waals surface area contributed by atoms with E-state index in [2.05, 4.69) is 27.3 Å². The molecule has 118 valence electrons. The Bertz CT molecular complexity index is 821. The Morgan fingerprint density at radius 3 is 2.96 bits per heavy atom. The Labute approximate surface area is 134 Å². The second-order valence-electron chi connectivity index (χ2n) is 5.41. The number of carbonyl (C=O) groups is 1. The third-order valence-corrected chi connectivity index (χ3v) is 3.71. The molecule has 0 saturated carbocycles. The lowest BCUT2D eigenvalue weighted by molar-refractivity contribution is 0.0939. The van der Waals surface area contributed by atoms with E-state index in [1.165, 1.54) is 6.33 Å². The summed E-state index contributed by atoms with van der Waals surface area (Å²) in [5, 5.41) is 8.04. The highest BCUT2D eigenvalue weighted by atomic mass is 16.1. The lowest BCUT2D eigenvalue weighted by atomic mass is 10.1. The molecule has 3 aromatic rings. The second-order valence-corrected chi connectivity index (χ2v) is 5.41. The van der Waals surface area contributed by atoms with Crippen LogP contribution in [0.1, 0.15) is 42.5 Å². The minimum absolute atomic E-state index is 0.137. The molecule has 0 fully saturated rings. The fraction of sp³-hybridized carbons (Fsp3) is 0.294. The van der Waals surface area contributed by atoms with Crippen LogP contribution in [-0.2, 0) is 6.54 Å². The van der Waals surface area contributed by atoms with Gasteiger partial charge in [-0.3, -0.25) is 9.78 Å². The van der Waals surface area contributed by atoms with Crippen LogP contribution >= 0.6 is 0 Å². The van der Waals surface area contributed by atoms with Gasteiger partial charge in [0.25, 0.3) is 5.91 Å². The molecule has 1 aromatic carbocycles. The maximum Gasteiger partial charge on any atom is 0.252 e. The summed E-state index contributed by atoms with van der Waals surface area (Å²) in [5.74, 6) is 0.626. The minimum atomic E-state index is -0.219. The van der Waals surface area contributed by atoms with Crippen molar-refractivity contribution in [2.24, 2.45) is 0 Å². The van der Waals surface area contributed by atoms with Gasteiger partial charge >= 0.3 is 0 Å². The summed E-state index contributed by atoms with van der Waals surface area (Å²) in [6.07, 6.45) is 4.21. The highest BCUT2D eigenvalue weighted by Crippen LogP contribution is 2.18. The molecule has 2 heterocycles. The SMILES string of the molecule is CCCn1ncnc1[C@@H](C)NC(=O)c1cccc2ncccc12. The van der Waals surface area contributed by atoms with Crippen molar-refractivity contribution in [3.8, 4) is 0 Å². The number of rotatable bonds is 5. The van der Waals surface area contributed by atoms with E-state index in [-0.39, 0.29) is 11.9 Å². The third kappa shape index (κ3) is 3.06.